The van der Waals surface area contributed by atoms with Crippen molar-refractivity contribution in [3.63, 3.8) is 0 Å². The number of hydrogen-bond donors (Lipinski definition) is 2. The van der Waals surface area contributed by atoms with Gasteiger partial charge in [0, 0.05) is 12.3 Å². The summed E-state index contributed by atoms with van der Waals surface area (Å²) in [5.74, 6) is 2.55. The first-order valence-corrected chi connectivity index (χ1v) is 7.46. The Hall–Kier alpha value is -0.220. The highest BCUT2D eigenvalue weighted by Gasteiger charge is 2.21. The largest absolute Gasteiger partial charge is 0.332 e. The van der Waals surface area contributed by atoms with Crippen molar-refractivity contribution in [2.24, 2.45) is 9.98 Å². The van der Waals surface area contributed by atoms with Gasteiger partial charge in [-0.1, -0.05) is 19.3 Å². The van der Waals surface area contributed by atoms with E-state index in [1.807, 2.05) is 0 Å². The van der Waals surface area contributed by atoms with Gasteiger partial charge in [0.25, 0.3) is 0 Å². The number of rotatable bonds is 3. The molecule has 3 nitrogen and oxygen atoms in total. The number of aliphatic imine (C=N–C) groups is 2. The zero-order valence-electron chi connectivity index (χ0n) is 10.0. The number of nitrogens with one attached hydrogen (secondary N) is 1. The maximum Gasteiger partial charge on any atom is 0.117 e. The molecule has 0 aromatic heterocycles. The Labute approximate surface area is 114 Å². The van der Waals surface area contributed by atoms with Crippen molar-refractivity contribution >= 4 is 35.9 Å². The Bertz CT molecular complexity index is 311. The fourth-order valence-electron chi connectivity index (χ4n) is 2.31. The number of amidine groups is 2. The lowest BCUT2D eigenvalue weighted by atomic mass is 9.96. The molecular weight excluding hydrogens is 254 g/mol. The first-order valence-electron chi connectivity index (χ1n) is 6.41. The average Bonchev–Trinajstić information content (AvgIpc) is 2.35. The van der Waals surface area contributed by atoms with Crippen LogP contribution in [0.3, 0.4) is 0 Å². The Morgan fingerprint density at radius 2 is 2.12 bits per heavy atom. The van der Waals surface area contributed by atoms with Crippen LogP contribution in [0.4, 0.5) is 0 Å². The molecule has 0 amide bonds. The summed E-state index contributed by atoms with van der Waals surface area (Å²) >= 11 is 10.3. The van der Waals surface area contributed by atoms with E-state index in [4.69, 9.17) is 16.6 Å². The van der Waals surface area contributed by atoms with Gasteiger partial charge in [-0.2, -0.15) is 12.6 Å². The predicted molar refractivity (Wildman–Crippen MR) is 77.9 cm³/mol. The second-order valence-corrected chi connectivity index (χ2v) is 5.67. The SMILES string of the molecule is SC1CN=C(CCCl)NC1=NC1CCCCC1. The third kappa shape index (κ3) is 3.88. The fourth-order valence-corrected chi connectivity index (χ4v) is 2.70. The molecule has 0 aromatic rings. The second kappa shape index (κ2) is 6.64. The average molecular weight is 274 g/mol. The Morgan fingerprint density at radius 3 is 2.82 bits per heavy atom. The maximum atomic E-state index is 5.73. The molecule has 1 unspecified atom stereocenters. The highest BCUT2D eigenvalue weighted by atomic mass is 35.5. The lowest BCUT2D eigenvalue weighted by Crippen LogP contribution is -2.43. The number of alkyl halides is 1. The van der Waals surface area contributed by atoms with Crippen LogP contribution in [0, 0.1) is 0 Å². The van der Waals surface area contributed by atoms with E-state index in [1.165, 1.54) is 32.1 Å². The molecule has 2 aliphatic rings. The molecule has 1 N–H and O–H groups in total. The molecule has 0 aromatic carbocycles. The summed E-state index contributed by atoms with van der Waals surface area (Å²) in [5, 5.41) is 3.41. The lowest BCUT2D eigenvalue weighted by Gasteiger charge is -2.25. The molecule has 0 spiro atoms. The predicted octanol–water partition coefficient (Wildman–Crippen LogP) is 2.65. The molecule has 17 heavy (non-hydrogen) atoms. The van der Waals surface area contributed by atoms with E-state index in [1.54, 1.807) is 0 Å². The molecule has 0 radical (unpaired) electrons. The smallest absolute Gasteiger partial charge is 0.117 e. The van der Waals surface area contributed by atoms with Crippen molar-refractivity contribution in [1.82, 2.24) is 5.32 Å². The normalized spacial score (nSPS) is 28.9. The highest BCUT2D eigenvalue weighted by Crippen LogP contribution is 2.21. The van der Waals surface area contributed by atoms with E-state index >= 15 is 0 Å². The molecule has 1 heterocycles. The van der Waals surface area contributed by atoms with Crippen LogP contribution in [0.15, 0.2) is 9.98 Å². The number of hydrogen-bond acceptors (Lipinski definition) is 3. The molecule has 96 valence electrons. The van der Waals surface area contributed by atoms with Crippen LogP contribution in [0.1, 0.15) is 38.5 Å². The van der Waals surface area contributed by atoms with Gasteiger partial charge in [-0.3, -0.25) is 9.98 Å². The Balaban J connectivity index is 1.98. The number of nitrogens with zero attached hydrogens (tertiary/aromatic N) is 2. The molecule has 1 aliphatic heterocycles. The summed E-state index contributed by atoms with van der Waals surface area (Å²) in [6.45, 7) is 0.716. The van der Waals surface area contributed by atoms with E-state index < -0.39 is 0 Å². The van der Waals surface area contributed by atoms with Gasteiger partial charge in [0.1, 0.15) is 11.7 Å². The zero-order chi connectivity index (χ0) is 12.1. The summed E-state index contributed by atoms with van der Waals surface area (Å²) < 4.78 is 0. The van der Waals surface area contributed by atoms with Crippen molar-refractivity contribution in [2.75, 3.05) is 12.4 Å². The summed E-state index contributed by atoms with van der Waals surface area (Å²) in [5.41, 5.74) is 0. The number of thiol groups is 1. The van der Waals surface area contributed by atoms with Crippen molar-refractivity contribution in [2.45, 2.75) is 49.8 Å². The van der Waals surface area contributed by atoms with Crippen LogP contribution >= 0.6 is 24.2 Å². The monoisotopic (exact) mass is 273 g/mol. The molecule has 1 aliphatic carbocycles. The van der Waals surface area contributed by atoms with E-state index in [-0.39, 0.29) is 5.25 Å². The topological polar surface area (TPSA) is 36.8 Å². The fraction of sp³-hybridized carbons (Fsp3) is 0.833. The van der Waals surface area contributed by atoms with Gasteiger partial charge in [0.05, 0.1) is 17.8 Å². The van der Waals surface area contributed by atoms with Crippen LogP contribution in [0.2, 0.25) is 0 Å². The Kier molecular flexibility index (Phi) is 5.16. The van der Waals surface area contributed by atoms with Gasteiger partial charge in [-0.25, -0.2) is 0 Å². The molecule has 1 atom stereocenters. The summed E-state index contributed by atoms with van der Waals surface area (Å²) in [4.78, 5) is 9.22. The van der Waals surface area contributed by atoms with E-state index in [2.05, 4.69) is 22.9 Å². The van der Waals surface area contributed by atoms with Crippen LogP contribution < -0.4 is 5.32 Å². The van der Waals surface area contributed by atoms with Gasteiger partial charge >= 0.3 is 0 Å². The number of halogens is 1. The Morgan fingerprint density at radius 1 is 1.35 bits per heavy atom. The van der Waals surface area contributed by atoms with Crippen LogP contribution in [0.5, 0.6) is 0 Å². The minimum atomic E-state index is 0.121. The van der Waals surface area contributed by atoms with Crippen molar-refractivity contribution in [3.05, 3.63) is 0 Å². The second-order valence-electron chi connectivity index (χ2n) is 4.67. The third-order valence-corrected chi connectivity index (χ3v) is 3.87. The molecule has 0 bridgehead atoms. The first kappa shape index (κ1) is 13.2. The van der Waals surface area contributed by atoms with Gasteiger partial charge in [0.15, 0.2) is 0 Å². The summed E-state index contributed by atoms with van der Waals surface area (Å²) in [6.07, 6.45) is 7.19. The van der Waals surface area contributed by atoms with Crippen molar-refractivity contribution in [1.29, 1.82) is 0 Å². The van der Waals surface area contributed by atoms with Crippen LogP contribution in [0.25, 0.3) is 0 Å². The minimum Gasteiger partial charge on any atom is -0.332 e. The molecule has 2 rings (SSSR count). The van der Waals surface area contributed by atoms with Gasteiger partial charge in [0.2, 0.25) is 0 Å². The summed E-state index contributed by atoms with van der Waals surface area (Å²) in [7, 11) is 0. The zero-order valence-corrected chi connectivity index (χ0v) is 11.7. The van der Waals surface area contributed by atoms with E-state index in [0.717, 1.165) is 18.1 Å². The summed E-state index contributed by atoms with van der Waals surface area (Å²) in [6, 6.07) is 0.483. The minimum absolute atomic E-state index is 0.121. The lowest BCUT2D eigenvalue weighted by molar-refractivity contribution is 0.442. The van der Waals surface area contributed by atoms with E-state index in [9.17, 15) is 0 Å². The van der Waals surface area contributed by atoms with Gasteiger partial charge in [-0.05, 0) is 12.8 Å². The molecule has 0 saturated heterocycles. The highest BCUT2D eigenvalue weighted by molar-refractivity contribution is 7.81. The van der Waals surface area contributed by atoms with Crippen LogP contribution in [-0.2, 0) is 0 Å². The molecular formula is C12H20ClN3S. The quantitative estimate of drug-likeness (QED) is 0.602. The van der Waals surface area contributed by atoms with Crippen LogP contribution in [-0.4, -0.2) is 35.4 Å². The van der Waals surface area contributed by atoms with Crippen molar-refractivity contribution < 1.29 is 0 Å². The van der Waals surface area contributed by atoms with E-state index in [0.29, 0.717) is 18.5 Å². The molecule has 1 saturated carbocycles. The van der Waals surface area contributed by atoms with Gasteiger partial charge in [-0.15, -0.1) is 11.6 Å². The first-order chi connectivity index (χ1) is 8.29. The van der Waals surface area contributed by atoms with Crippen molar-refractivity contribution in [3.8, 4) is 0 Å². The molecule has 5 heteroatoms. The third-order valence-electron chi connectivity index (χ3n) is 3.27. The standard InChI is InChI=1S/C12H20ClN3S/c13-7-6-11-14-8-10(17)12(16-11)15-9-4-2-1-3-5-9/h9-10,17H,1-8H2,(H,14,15,16). The molecule has 1 fully saturated rings. The van der Waals surface area contributed by atoms with Gasteiger partial charge < -0.3 is 5.32 Å². The maximum absolute atomic E-state index is 5.73.